The summed E-state index contributed by atoms with van der Waals surface area (Å²) in [5.41, 5.74) is 9.47. The van der Waals surface area contributed by atoms with Crippen LogP contribution in [0.25, 0.3) is 10.4 Å². The molecule has 22 heteroatoms. The van der Waals surface area contributed by atoms with Crippen LogP contribution in [-0.2, 0) is 54.0 Å². The second-order valence-corrected chi connectivity index (χ2v) is 21.2. The van der Waals surface area contributed by atoms with Crippen LogP contribution in [0.4, 0.5) is 0 Å². The first-order valence-corrected chi connectivity index (χ1v) is 29.3. The lowest BCUT2D eigenvalue weighted by atomic mass is 9.92. The van der Waals surface area contributed by atoms with E-state index in [0.29, 0.717) is 136 Å². The van der Waals surface area contributed by atoms with Gasteiger partial charge in [-0.15, -0.1) is 11.3 Å². The van der Waals surface area contributed by atoms with Crippen LogP contribution in [-0.4, -0.2) is 187 Å². The lowest BCUT2D eigenvalue weighted by molar-refractivity contribution is -0.143. The number of likely N-dealkylation sites (tertiary alicyclic amines) is 1. The third-order valence-electron chi connectivity index (χ3n) is 13.7. The van der Waals surface area contributed by atoms with Crippen LogP contribution in [0.2, 0.25) is 0 Å². The topological polar surface area (TPSA) is 257 Å². The number of aromatic hydroxyl groups is 1. The van der Waals surface area contributed by atoms with Crippen molar-refractivity contribution in [3.05, 3.63) is 56.4 Å². The Morgan fingerprint density at radius 2 is 1.45 bits per heavy atom. The number of hydrogen-bond acceptors (Lipinski definition) is 16. The Hall–Kier alpha value is -4.48. The summed E-state index contributed by atoms with van der Waals surface area (Å²) in [5.74, 6) is -0.995. The average Bonchev–Trinajstić information content (AvgIpc) is 3.94. The molecule has 1 fully saturated rings. The number of thiazole rings is 1. The number of piperidine rings is 1. The minimum absolute atomic E-state index is 0.0463. The molecule has 3 rings (SSSR count). The van der Waals surface area contributed by atoms with Gasteiger partial charge in [-0.2, -0.15) is 0 Å². The molecule has 1 aliphatic rings. The number of nitrogens with zero attached hydrogens (tertiary/aromatic N) is 6. The van der Waals surface area contributed by atoms with E-state index in [-0.39, 0.29) is 65.0 Å². The first kappa shape index (κ1) is 67.8. The molecule has 0 radical (unpaired) electrons. The zero-order valence-electron chi connectivity index (χ0n) is 48.1. The molecule has 0 saturated carbocycles. The summed E-state index contributed by atoms with van der Waals surface area (Å²) >= 11 is 1.35. The van der Waals surface area contributed by atoms with E-state index in [4.69, 9.17) is 43.7 Å². The van der Waals surface area contributed by atoms with Crippen molar-refractivity contribution >= 4 is 35.0 Å². The number of azide groups is 1. The highest BCUT2D eigenvalue weighted by Gasteiger charge is 2.38. The van der Waals surface area contributed by atoms with Crippen LogP contribution in [0.1, 0.15) is 133 Å². The fourth-order valence-corrected chi connectivity index (χ4v) is 9.89. The maximum absolute atomic E-state index is 14.8. The number of hydrogen-bond donors (Lipinski definition) is 4. The minimum Gasteiger partial charge on any atom is -0.508 e. The molecule has 442 valence electrons. The fraction of sp³-hybridized carbons (Fsp3) is 0.768. The molecule has 1 aromatic heterocycles. The average molecular weight is 1120 g/mol. The Balaban J connectivity index is 1.54. The molecular formula is C56H95N9O12S. The molecule has 0 unspecified atom stereocenters. The zero-order valence-corrected chi connectivity index (χ0v) is 48.9. The highest BCUT2D eigenvalue weighted by molar-refractivity contribution is 7.09. The lowest BCUT2D eigenvalue weighted by Crippen LogP contribution is -2.58. The quantitative estimate of drug-likeness (QED) is 0.0220. The molecule has 1 aliphatic heterocycles. The van der Waals surface area contributed by atoms with Gasteiger partial charge in [0.25, 0.3) is 5.91 Å². The molecule has 2 heterocycles. The first-order valence-electron chi connectivity index (χ1n) is 28.5. The Bertz CT molecular complexity index is 2010. The van der Waals surface area contributed by atoms with Gasteiger partial charge in [0.2, 0.25) is 17.7 Å². The van der Waals surface area contributed by atoms with Gasteiger partial charge >= 0.3 is 0 Å². The normalized spacial score (nSPS) is 16.1. The Morgan fingerprint density at radius 3 is 2.01 bits per heavy atom. The highest BCUT2D eigenvalue weighted by atomic mass is 32.1. The number of benzene rings is 1. The van der Waals surface area contributed by atoms with Crippen molar-refractivity contribution in [2.24, 2.45) is 22.9 Å². The van der Waals surface area contributed by atoms with Crippen LogP contribution in [0.15, 0.2) is 34.8 Å². The van der Waals surface area contributed by atoms with E-state index >= 15 is 0 Å². The SMILES string of the molecule is CCCO[C@H](C[C@H](C(C)C)N(CCC)C(=O)[C@@H](NC(=O)[C@H]1CCCCN1C)[C@@H](C)CC)c1nc(C(=O)N[C@@H](CCc2ccc(O)cc2)C[C@H](C)C(=O)NCCOCCOCCOCCOCCOCCOCCN=[N+]=[N-])cs1. The molecule has 1 saturated heterocycles. The van der Waals surface area contributed by atoms with Crippen LogP contribution in [0.3, 0.4) is 0 Å². The second kappa shape index (κ2) is 40.7. The third-order valence-corrected chi connectivity index (χ3v) is 14.7. The van der Waals surface area contributed by atoms with Crippen molar-refractivity contribution in [2.75, 3.05) is 119 Å². The molecule has 7 atom stereocenters. The maximum Gasteiger partial charge on any atom is 0.270 e. The van der Waals surface area contributed by atoms with Crippen LogP contribution in [0, 0.1) is 17.8 Å². The van der Waals surface area contributed by atoms with Gasteiger partial charge in [0.15, 0.2) is 0 Å². The number of phenolic OH excluding ortho intramolecular Hbond substituents is 1. The number of amides is 4. The van der Waals surface area contributed by atoms with Crippen molar-refractivity contribution in [2.45, 2.75) is 143 Å². The zero-order chi connectivity index (χ0) is 56.9. The van der Waals surface area contributed by atoms with E-state index in [2.05, 4.69) is 51.6 Å². The van der Waals surface area contributed by atoms with Crippen molar-refractivity contribution < 1.29 is 57.4 Å². The highest BCUT2D eigenvalue weighted by Crippen LogP contribution is 2.32. The van der Waals surface area contributed by atoms with Crippen LogP contribution >= 0.6 is 11.3 Å². The molecule has 21 nitrogen and oxygen atoms in total. The fourth-order valence-electron chi connectivity index (χ4n) is 9.03. The van der Waals surface area contributed by atoms with E-state index < -0.39 is 18.1 Å². The van der Waals surface area contributed by atoms with E-state index in [1.165, 1.54) is 11.3 Å². The van der Waals surface area contributed by atoms with Gasteiger partial charge in [0.1, 0.15) is 28.6 Å². The number of carbonyl (C=O) groups is 4. The van der Waals surface area contributed by atoms with Crippen molar-refractivity contribution in [3.8, 4) is 5.75 Å². The Kier molecular flexibility index (Phi) is 35.3. The Morgan fingerprint density at radius 1 is 0.833 bits per heavy atom. The van der Waals surface area contributed by atoms with Gasteiger partial charge in [-0.3, -0.25) is 24.1 Å². The number of aromatic nitrogens is 1. The van der Waals surface area contributed by atoms with Gasteiger partial charge in [-0.1, -0.05) is 78.6 Å². The molecular weight excluding hydrogens is 1020 g/mol. The van der Waals surface area contributed by atoms with E-state index in [0.717, 1.165) is 50.6 Å². The number of nitrogens with one attached hydrogen (secondary N) is 3. The monoisotopic (exact) mass is 1120 g/mol. The number of phenols is 1. The smallest absolute Gasteiger partial charge is 0.270 e. The van der Waals surface area contributed by atoms with E-state index in [1.807, 2.05) is 51.8 Å². The summed E-state index contributed by atoms with van der Waals surface area (Å²) in [5, 5.41) is 25.0. The van der Waals surface area contributed by atoms with Gasteiger partial charge in [0, 0.05) is 61.0 Å². The number of aryl methyl sites for hydroxylation is 1. The number of ether oxygens (including phenoxy) is 7. The summed E-state index contributed by atoms with van der Waals surface area (Å²) in [7, 11) is 1.98. The van der Waals surface area contributed by atoms with Crippen molar-refractivity contribution in [1.82, 2.24) is 30.7 Å². The van der Waals surface area contributed by atoms with E-state index in [9.17, 15) is 24.3 Å². The predicted octanol–water partition coefficient (Wildman–Crippen LogP) is 7.27. The number of likely N-dealkylation sites (N-methyl/N-ethyl adjacent to an activating group) is 1. The molecule has 4 N–H and O–H groups in total. The minimum atomic E-state index is -0.672. The predicted molar refractivity (Wildman–Crippen MR) is 301 cm³/mol. The molecule has 2 aromatic rings. The molecule has 0 aliphatic carbocycles. The van der Waals surface area contributed by atoms with Gasteiger partial charge in [-0.25, -0.2) is 4.98 Å². The van der Waals surface area contributed by atoms with Crippen molar-refractivity contribution in [3.63, 3.8) is 0 Å². The first-order chi connectivity index (χ1) is 37.7. The summed E-state index contributed by atoms with van der Waals surface area (Å²) in [6, 6.07) is 5.40. The number of rotatable bonds is 44. The summed E-state index contributed by atoms with van der Waals surface area (Å²) < 4.78 is 39.5. The largest absolute Gasteiger partial charge is 0.508 e. The van der Waals surface area contributed by atoms with Gasteiger partial charge in [-0.05, 0) is 93.6 Å². The summed E-state index contributed by atoms with van der Waals surface area (Å²) in [4.78, 5) is 67.6. The lowest BCUT2D eigenvalue weighted by Gasteiger charge is -2.40. The summed E-state index contributed by atoms with van der Waals surface area (Å²) in [6.45, 7) is 21.5. The van der Waals surface area contributed by atoms with Crippen LogP contribution in [0.5, 0.6) is 5.75 Å². The molecule has 0 bridgehead atoms. The third kappa shape index (κ3) is 26.7. The molecule has 1 aromatic carbocycles. The van der Waals surface area contributed by atoms with Gasteiger partial charge in [0.05, 0.1) is 85.3 Å². The van der Waals surface area contributed by atoms with E-state index in [1.54, 1.807) is 17.5 Å². The Labute approximate surface area is 468 Å². The van der Waals surface area contributed by atoms with Gasteiger partial charge < -0.3 is 59.1 Å². The standard InChI is InChI=1S/C56H95N9O12S/c1-9-23-65(56(70)51(42(6)11-3)62-54(69)48-14-12-13-24-64(48)8)49(41(4)5)39-50(77-25-10-2)55-61-47(40-78-55)53(68)60-45(18-15-44-16-19-46(66)20-17-44)38-43(7)52(67)58-21-26-71-28-30-73-32-34-75-36-37-76-35-33-74-31-29-72-27-22-59-63-57/h16-17,19-20,40-43,45,48-51,66H,9-15,18,21-39H2,1-8H3,(H,58,67)(H,60,68)(H,62,69)/t42-,43-,45-,48+,49+,50+,51-/m0/s1. The molecule has 4 amide bonds. The number of carbonyl (C=O) groups excluding carboxylic acids is 4. The van der Waals surface area contributed by atoms with Crippen molar-refractivity contribution in [1.29, 1.82) is 0 Å². The molecule has 78 heavy (non-hydrogen) atoms. The van der Waals surface area contributed by atoms with Crippen LogP contribution < -0.4 is 16.0 Å². The summed E-state index contributed by atoms with van der Waals surface area (Å²) in [6.07, 6.45) is 6.52. The maximum atomic E-state index is 14.8. The molecule has 0 spiro atoms. The second-order valence-electron chi connectivity index (χ2n) is 20.3.